The van der Waals surface area contributed by atoms with Gasteiger partial charge in [0.2, 0.25) is 11.8 Å². The minimum atomic E-state index is 0.0471. The van der Waals surface area contributed by atoms with Crippen LogP contribution in [0, 0.1) is 0 Å². The number of amides is 2. The summed E-state index contributed by atoms with van der Waals surface area (Å²) in [5.41, 5.74) is 3.29. The number of aryl methyl sites for hydroxylation is 1. The average molecular weight is 339 g/mol. The Kier molecular flexibility index (Phi) is 5.22. The van der Waals surface area contributed by atoms with Crippen LogP contribution >= 0.6 is 0 Å². The molecule has 5 heteroatoms. The van der Waals surface area contributed by atoms with E-state index in [2.05, 4.69) is 11.1 Å². The monoisotopic (exact) mass is 339 g/mol. The van der Waals surface area contributed by atoms with Crippen LogP contribution in [0.3, 0.4) is 0 Å². The van der Waals surface area contributed by atoms with Crippen LogP contribution in [-0.4, -0.2) is 52.8 Å². The van der Waals surface area contributed by atoms with Gasteiger partial charge in [-0.25, -0.2) is 0 Å². The molecule has 0 saturated carbocycles. The topological polar surface area (TPSA) is 56.4 Å². The molecule has 1 N–H and O–H groups in total. The fourth-order valence-corrected chi connectivity index (χ4v) is 3.25. The third-order valence-electron chi connectivity index (χ3n) is 4.64. The summed E-state index contributed by atoms with van der Waals surface area (Å²) in [4.78, 5) is 31.5. The summed E-state index contributed by atoms with van der Waals surface area (Å²) < 4.78 is 0. The van der Waals surface area contributed by atoms with Gasteiger partial charge in [-0.15, -0.1) is 0 Å². The molecule has 0 unspecified atom stereocenters. The van der Waals surface area contributed by atoms with Gasteiger partial charge >= 0.3 is 0 Å². The minimum Gasteiger partial charge on any atom is -0.361 e. The van der Waals surface area contributed by atoms with Gasteiger partial charge in [-0.3, -0.25) is 9.59 Å². The van der Waals surface area contributed by atoms with E-state index in [0.29, 0.717) is 32.6 Å². The number of allylic oxidation sites excluding steroid dienone is 1. The quantitative estimate of drug-likeness (QED) is 0.871. The Hall–Kier alpha value is -2.56. The van der Waals surface area contributed by atoms with E-state index in [0.717, 1.165) is 17.5 Å². The normalized spacial score (nSPS) is 14.6. The van der Waals surface area contributed by atoms with Crippen LogP contribution in [0.5, 0.6) is 0 Å². The van der Waals surface area contributed by atoms with Crippen molar-refractivity contribution in [3.05, 3.63) is 47.7 Å². The number of carbonyl (C=O) groups is 2. The maximum atomic E-state index is 12.5. The first kappa shape index (κ1) is 17.3. The maximum absolute atomic E-state index is 12.5. The van der Waals surface area contributed by atoms with Crippen LogP contribution < -0.4 is 0 Å². The van der Waals surface area contributed by atoms with Crippen LogP contribution in [0.25, 0.3) is 10.9 Å². The molecule has 2 amide bonds. The van der Waals surface area contributed by atoms with Gasteiger partial charge in [0.15, 0.2) is 0 Å². The van der Waals surface area contributed by atoms with Gasteiger partial charge in [0.05, 0.1) is 0 Å². The Morgan fingerprint density at radius 2 is 1.76 bits per heavy atom. The molecule has 1 fully saturated rings. The zero-order valence-corrected chi connectivity index (χ0v) is 14.9. The third-order valence-corrected chi connectivity index (χ3v) is 4.64. The zero-order chi connectivity index (χ0) is 17.8. The number of carbonyl (C=O) groups excluding carboxylic acids is 2. The number of rotatable bonds is 4. The second-order valence-electron chi connectivity index (χ2n) is 6.79. The van der Waals surface area contributed by atoms with E-state index in [9.17, 15) is 9.59 Å². The van der Waals surface area contributed by atoms with E-state index in [1.165, 1.54) is 10.9 Å². The molecule has 3 rings (SSSR count). The molecule has 1 aliphatic heterocycles. The smallest absolute Gasteiger partial charge is 0.246 e. The van der Waals surface area contributed by atoms with E-state index >= 15 is 0 Å². The molecule has 0 radical (unpaired) electrons. The predicted molar refractivity (Wildman–Crippen MR) is 99.2 cm³/mol. The summed E-state index contributed by atoms with van der Waals surface area (Å²) in [6.45, 7) is 6.30. The van der Waals surface area contributed by atoms with E-state index in [1.54, 1.807) is 6.08 Å². The number of H-pyrrole nitrogens is 1. The lowest BCUT2D eigenvalue weighted by Gasteiger charge is -2.34. The molecule has 1 aliphatic rings. The number of nitrogens with zero attached hydrogens (tertiary/aromatic N) is 2. The number of nitrogens with one attached hydrogen (secondary N) is 1. The molecule has 132 valence electrons. The first-order valence-corrected chi connectivity index (χ1v) is 8.81. The van der Waals surface area contributed by atoms with Gasteiger partial charge in [-0.2, -0.15) is 0 Å². The molecule has 1 aromatic heterocycles. The number of piperazine rings is 1. The van der Waals surface area contributed by atoms with Gasteiger partial charge in [-0.05, 0) is 31.9 Å². The fraction of sp³-hybridized carbons (Fsp3) is 0.400. The molecule has 0 aliphatic carbocycles. The summed E-state index contributed by atoms with van der Waals surface area (Å²) in [5.74, 6) is 0.213. The second kappa shape index (κ2) is 7.55. The van der Waals surface area contributed by atoms with Crippen LogP contribution in [0.2, 0.25) is 0 Å². The lowest BCUT2D eigenvalue weighted by Crippen LogP contribution is -2.50. The molecule has 2 aromatic rings. The van der Waals surface area contributed by atoms with Gasteiger partial charge in [0.25, 0.3) is 0 Å². The molecule has 2 heterocycles. The molecule has 0 atom stereocenters. The predicted octanol–water partition coefficient (Wildman–Crippen LogP) is 2.74. The number of aromatic amines is 1. The highest BCUT2D eigenvalue weighted by atomic mass is 16.2. The number of aromatic nitrogens is 1. The number of hydrogen-bond acceptors (Lipinski definition) is 2. The van der Waals surface area contributed by atoms with Crippen molar-refractivity contribution in [2.45, 2.75) is 26.7 Å². The minimum absolute atomic E-state index is 0.0471. The van der Waals surface area contributed by atoms with E-state index in [-0.39, 0.29) is 11.8 Å². The van der Waals surface area contributed by atoms with Gasteiger partial charge in [-0.1, -0.05) is 23.8 Å². The van der Waals surface area contributed by atoms with Crippen LogP contribution in [0.15, 0.2) is 42.1 Å². The molecular weight excluding hydrogens is 314 g/mol. The molecule has 1 aromatic carbocycles. The van der Waals surface area contributed by atoms with Crippen molar-refractivity contribution in [2.24, 2.45) is 0 Å². The summed E-state index contributed by atoms with van der Waals surface area (Å²) >= 11 is 0. The Balaban J connectivity index is 1.51. The lowest BCUT2D eigenvalue weighted by atomic mass is 10.1. The Morgan fingerprint density at radius 1 is 1.08 bits per heavy atom. The summed E-state index contributed by atoms with van der Waals surface area (Å²) in [7, 11) is 0. The van der Waals surface area contributed by atoms with Gasteiger partial charge in [0.1, 0.15) is 0 Å². The first-order valence-electron chi connectivity index (χ1n) is 8.81. The summed E-state index contributed by atoms with van der Waals surface area (Å²) in [6, 6.07) is 8.15. The van der Waals surface area contributed by atoms with Crippen LogP contribution in [0.4, 0.5) is 0 Å². The number of fused-ring (bicyclic) bond motifs is 1. The Labute approximate surface area is 148 Å². The highest BCUT2D eigenvalue weighted by Crippen LogP contribution is 2.19. The highest BCUT2D eigenvalue weighted by Gasteiger charge is 2.23. The Morgan fingerprint density at radius 3 is 2.48 bits per heavy atom. The fourth-order valence-electron chi connectivity index (χ4n) is 3.25. The molecule has 1 saturated heterocycles. The molecular formula is C20H25N3O2. The van der Waals surface area contributed by atoms with Crippen molar-refractivity contribution in [1.82, 2.24) is 14.8 Å². The second-order valence-corrected chi connectivity index (χ2v) is 6.79. The molecule has 0 bridgehead atoms. The SMILES string of the molecule is CC(C)=CC(=O)N1CCN(C(=O)CCc2c[nH]c3ccccc23)CC1. The average Bonchev–Trinajstić information content (AvgIpc) is 3.02. The van der Waals surface area contributed by atoms with Crippen molar-refractivity contribution in [3.8, 4) is 0 Å². The van der Waals surface area contributed by atoms with E-state index in [4.69, 9.17) is 0 Å². The largest absolute Gasteiger partial charge is 0.361 e. The number of hydrogen-bond donors (Lipinski definition) is 1. The van der Waals surface area contributed by atoms with Crippen molar-refractivity contribution in [1.29, 1.82) is 0 Å². The molecule has 0 spiro atoms. The van der Waals surface area contributed by atoms with Gasteiger partial charge in [0, 0.05) is 55.8 Å². The third kappa shape index (κ3) is 4.10. The van der Waals surface area contributed by atoms with Crippen molar-refractivity contribution in [3.63, 3.8) is 0 Å². The van der Waals surface area contributed by atoms with Gasteiger partial charge < -0.3 is 14.8 Å². The van der Waals surface area contributed by atoms with E-state index < -0.39 is 0 Å². The summed E-state index contributed by atoms with van der Waals surface area (Å²) in [5, 5.41) is 1.19. The van der Waals surface area contributed by atoms with Crippen molar-refractivity contribution in [2.75, 3.05) is 26.2 Å². The molecule has 5 nitrogen and oxygen atoms in total. The van der Waals surface area contributed by atoms with E-state index in [1.807, 2.05) is 48.0 Å². The molecule has 25 heavy (non-hydrogen) atoms. The lowest BCUT2D eigenvalue weighted by molar-refractivity contribution is -0.137. The maximum Gasteiger partial charge on any atom is 0.246 e. The van der Waals surface area contributed by atoms with Crippen LogP contribution in [0.1, 0.15) is 25.8 Å². The van der Waals surface area contributed by atoms with Crippen molar-refractivity contribution >= 4 is 22.7 Å². The number of para-hydroxylation sites is 1. The van der Waals surface area contributed by atoms with Crippen LogP contribution in [-0.2, 0) is 16.0 Å². The zero-order valence-electron chi connectivity index (χ0n) is 14.9. The summed E-state index contributed by atoms with van der Waals surface area (Å²) in [6.07, 6.45) is 4.89. The Bertz CT molecular complexity index is 794. The standard InChI is InChI=1S/C20H25N3O2/c1-15(2)13-20(25)23-11-9-22(10-12-23)19(24)8-7-16-14-21-18-6-4-3-5-17(16)18/h3-6,13-14,21H,7-12H2,1-2H3. The highest BCUT2D eigenvalue weighted by molar-refractivity contribution is 5.88. The first-order chi connectivity index (χ1) is 12.0. The van der Waals surface area contributed by atoms with Crippen molar-refractivity contribution < 1.29 is 9.59 Å². The number of benzene rings is 1.